The molecule has 1 aliphatic carbocycles. The van der Waals surface area contributed by atoms with Crippen molar-refractivity contribution >= 4 is 11.6 Å². The smallest absolute Gasteiger partial charge is 0.129 e. The summed E-state index contributed by atoms with van der Waals surface area (Å²) in [6, 6.07) is 5.01. The van der Waals surface area contributed by atoms with Crippen LogP contribution >= 0.6 is 11.6 Å². The van der Waals surface area contributed by atoms with E-state index in [1.54, 1.807) is 12.1 Å². The molecule has 0 amide bonds. The minimum Gasteiger partial charge on any atom is -0.329 e. The molecule has 1 atom stereocenters. The molecule has 1 unspecified atom stereocenters. The number of nitrogens with one attached hydrogen (secondary N) is 1. The zero-order chi connectivity index (χ0) is 13.7. The van der Waals surface area contributed by atoms with Crippen molar-refractivity contribution in [2.75, 3.05) is 6.54 Å². The molecule has 1 aliphatic rings. The average Bonchev–Trinajstić information content (AvgIpc) is 2.65. The molecule has 0 saturated heterocycles. The standard InChI is InChI=1S/C15H22ClFN2/c16-12-8-5-9-13(17)15(12)14(10-18)19-11-6-3-1-2-4-7-11/h5,8-9,11,14,19H,1-4,6-7,10,18H2. The Bertz CT molecular complexity index is 383. The van der Waals surface area contributed by atoms with Crippen LogP contribution in [0.15, 0.2) is 18.2 Å². The lowest BCUT2D eigenvalue weighted by molar-refractivity contribution is 0.394. The average molecular weight is 285 g/mol. The van der Waals surface area contributed by atoms with E-state index in [4.69, 9.17) is 17.3 Å². The van der Waals surface area contributed by atoms with Crippen molar-refractivity contribution in [3.05, 3.63) is 34.6 Å². The van der Waals surface area contributed by atoms with Gasteiger partial charge in [0.05, 0.1) is 0 Å². The highest BCUT2D eigenvalue weighted by molar-refractivity contribution is 6.31. The molecule has 0 spiro atoms. The summed E-state index contributed by atoms with van der Waals surface area (Å²) in [5, 5.41) is 3.95. The molecular formula is C15H22ClFN2. The van der Waals surface area contributed by atoms with E-state index in [1.807, 2.05) is 0 Å². The van der Waals surface area contributed by atoms with Crippen molar-refractivity contribution in [1.82, 2.24) is 5.32 Å². The Kier molecular flexibility index (Phi) is 5.61. The van der Waals surface area contributed by atoms with Gasteiger partial charge in [-0.3, -0.25) is 0 Å². The second kappa shape index (κ2) is 7.22. The fraction of sp³-hybridized carbons (Fsp3) is 0.600. The first-order chi connectivity index (χ1) is 9.22. The van der Waals surface area contributed by atoms with E-state index in [-0.39, 0.29) is 11.9 Å². The maximum atomic E-state index is 13.9. The van der Waals surface area contributed by atoms with Gasteiger partial charge in [0.2, 0.25) is 0 Å². The van der Waals surface area contributed by atoms with E-state index in [9.17, 15) is 4.39 Å². The summed E-state index contributed by atoms with van der Waals surface area (Å²) >= 11 is 6.12. The van der Waals surface area contributed by atoms with Crippen molar-refractivity contribution in [3.63, 3.8) is 0 Å². The van der Waals surface area contributed by atoms with Gasteiger partial charge in [-0.1, -0.05) is 43.4 Å². The quantitative estimate of drug-likeness (QED) is 0.826. The topological polar surface area (TPSA) is 38.0 Å². The highest BCUT2D eigenvalue weighted by Gasteiger charge is 2.21. The van der Waals surface area contributed by atoms with E-state index in [2.05, 4.69) is 5.32 Å². The molecule has 4 heteroatoms. The van der Waals surface area contributed by atoms with Crippen LogP contribution in [0.4, 0.5) is 4.39 Å². The Hall–Kier alpha value is -0.640. The van der Waals surface area contributed by atoms with Crippen LogP contribution in [0.5, 0.6) is 0 Å². The summed E-state index contributed by atoms with van der Waals surface area (Å²) in [6.07, 6.45) is 7.35. The summed E-state index contributed by atoms with van der Waals surface area (Å²) in [5.74, 6) is -0.274. The van der Waals surface area contributed by atoms with Crippen LogP contribution in [0.2, 0.25) is 5.02 Å². The Morgan fingerprint density at radius 2 is 1.95 bits per heavy atom. The lowest BCUT2D eigenvalue weighted by Crippen LogP contribution is -2.37. The summed E-state index contributed by atoms with van der Waals surface area (Å²) in [5.41, 5.74) is 6.32. The van der Waals surface area contributed by atoms with Gasteiger partial charge in [-0.2, -0.15) is 0 Å². The Morgan fingerprint density at radius 1 is 1.26 bits per heavy atom. The van der Waals surface area contributed by atoms with Gasteiger partial charge in [-0.05, 0) is 25.0 Å². The molecule has 1 aromatic carbocycles. The lowest BCUT2D eigenvalue weighted by Gasteiger charge is -2.25. The van der Waals surface area contributed by atoms with E-state index in [0.29, 0.717) is 23.2 Å². The summed E-state index contributed by atoms with van der Waals surface area (Å²) < 4.78 is 13.9. The van der Waals surface area contributed by atoms with Gasteiger partial charge in [0.1, 0.15) is 5.82 Å². The van der Waals surface area contributed by atoms with Crippen LogP contribution in [0.3, 0.4) is 0 Å². The van der Waals surface area contributed by atoms with Gasteiger partial charge in [0.25, 0.3) is 0 Å². The number of nitrogens with two attached hydrogens (primary N) is 1. The van der Waals surface area contributed by atoms with E-state index < -0.39 is 0 Å². The predicted octanol–water partition coefficient (Wildman–Crippen LogP) is 3.79. The van der Waals surface area contributed by atoms with E-state index in [0.717, 1.165) is 12.8 Å². The van der Waals surface area contributed by atoms with Gasteiger partial charge in [-0.15, -0.1) is 0 Å². The Balaban J connectivity index is 2.10. The van der Waals surface area contributed by atoms with E-state index >= 15 is 0 Å². The molecule has 1 saturated carbocycles. The molecule has 106 valence electrons. The predicted molar refractivity (Wildman–Crippen MR) is 77.8 cm³/mol. The van der Waals surface area contributed by atoms with Gasteiger partial charge < -0.3 is 11.1 Å². The van der Waals surface area contributed by atoms with Gasteiger partial charge >= 0.3 is 0 Å². The molecule has 0 heterocycles. The molecular weight excluding hydrogens is 263 g/mol. The second-order valence-corrected chi connectivity index (χ2v) is 5.69. The Labute approximate surface area is 119 Å². The van der Waals surface area contributed by atoms with Crippen LogP contribution in [0, 0.1) is 5.82 Å². The molecule has 3 N–H and O–H groups in total. The van der Waals surface area contributed by atoms with Gasteiger partial charge in [0, 0.05) is 29.2 Å². The molecule has 0 radical (unpaired) electrons. The molecule has 0 aliphatic heterocycles. The summed E-state index contributed by atoms with van der Waals surface area (Å²) in [4.78, 5) is 0. The van der Waals surface area contributed by atoms with Crippen LogP contribution in [0.25, 0.3) is 0 Å². The van der Waals surface area contributed by atoms with Crippen LogP contribution in [0.1, 0.15) is 50.1 Å². The van der Waals surface area contributed by atoms with Crippen LogP contribution in [-0.2, 0) is 0 Å². The largest absolute Gasteiger partial charge is 0.329 e. The maximum absolute atomic E-state index is 13.9. The lowest BCUT2D eigenvalue weighted by atomic mass is 10.0. The van der Waals surface area contributed by atoms with Gasteiger partial charge in [-0.25, -0.2) is 4.39 Å². The summed E-state index contributed by atoms with van der Waals surface area (Å²) in [7, 11) is 0. The van der Waals surface area contributed by atoms with Gasteiger partial charge in [0.15, 0.2) is 0 Å². The minimum absolute atomic E-state index is 0.197. The maximum Gasteiger partial charge on any atom is 0.129 e. The molecule has 0 aromatic heterocycles. The SMILES string of the molecule is NCC(NC1CCCCCC1)c1c(F)cccc1Cl. The zero-order valence-corrected chi connectivity index (χ0v) is 11.9. The fourth-order valence-electron chi connectivity index (χ4n) is 2.84. The van der Waals surface area contributed by atoms with Crippen molar-refractivity contribution in [3.8, 4) is 0 Å². The number of rotatable bonds is 4. The van der Waals surface area contributed by atoms with Crippen molar-refractivity contribution in [1.29, 1.82) is 0 Å². The van der Waals surface area contributed by atoms with Crippen molar-refractivity contribution < 1.29 is 4.39 Å². The highest BCUT2D eigenvalue weighted by Crippen LogP contribution is 2.27. The van der Waals surface area contributed by atoms with Crippen LogP contribution < -0.4 is 11.1 Å². The number of hydrogen-bond donors (Lipinski definition) is 2. The normalized spacial score (nSPS) is 19.1. The molecule has 2 rings (SSSR count). The van der Waals surface area contributed by atoms with Crippen molar-refractivity contribution in [2.24, 2.45) is 5.73 Å². The third-order valence-electron chi connectivity index (χ3n) is 3.88. The number of halogens is 2. The Morgan fingerprint density at radius 3 is 2.53 bits per heavy atom. The first kappa shape index (κ1) is 14.8. The number of hydrogen-bond acceptors (Lipinski definition) is 2. The monoisotopic (exact) mass is 284 g/mol. The zero-order valence-electron chi connectivity index (χ0n) is 11.2. The second-order valence-electron chi connectivity index (χ2n) is 5.28. The van der Waals surface area contributed by atoms with Crippen molar-refractivity contribution in [2.45, 2.75) is 50.6 Å². The first-order valence-corrected chi connectivity index (χ1v) is 7.50. The molecule has 1 aromatic rings. The third kappa shape index (κ3) is 3.91. The van der Waals surface area contributed by atoms with E-state index in [1.165, 1.54) is 31.7 Å². The third-order valence-corrected chi connectivity index (χ3v) is 4.21. The molecule has 19 heavy (non-hydrogen) atoms. The first-order valence-electron chi connectivity index (χ1n) is 7.12. The summed E-state index contributed by atoms with van der Waals surface area (Å²) in [6.45, 7) is 0.358. The minimum atomic E-state index is -0.274. The van der Waals surface area contributed by atoms with Crippen LogP contribution in [-0.4, -0.2) is 12.6 Å². The molecule has 0 bridgehead atoms. The highest BCUT2D eigenvalue weighted by atomic mass is 35.5. The molecule has 2 nitrogen and oxygen atoms in total. The molecule has 1 fully saturated rings. The fourth-order valence-corrected chi connectivity index (χ4v) is 3.14. The number of benzene rings is 1.